The Morgan fingerprint density at radius 3 is 2.68 bits per heavy atom. The molecule has 0 aromatic heterocycles. The zero-order chi connectivity index (χ0) is 17.2. The number of halogens is 1. The molecule has 1 amide bonds. The third-order valence-electron chi connectivity index (χ3n) is 4.59. The lowest BCUT2D eigenvalue weighted by Crippen LogP contribution is -2.27. The summed E-state index contributed by atoms with van der Waals surface area (Å²) >= 11 is 0. The molecule has 124 valence electrons. The Labute approximate surface area is 145 Å². The predicted octanol–water partition coefficient (Wildman–Crippen LogP) is 4.16. The molecule has 0 saturated heterocycles. The van der Waals surface area contributed by atoms with E-state index in [9.17, 15) is 9.18 Å². The number of hydrogen-bond acceptors (Lipinski definition) is 2. The van der Waals surface area contributed by atoms with E-state index in [4.69, 9.17) is 0 Å². The molecule has 0 aliphatic carbocycles. The van der Waals surface area contributed by atoms with E-state index in [1.54, 1.807) is 6.07 Å². The van der Waals surface area contributed by atoms with Crippen LogP contribution < -0.4 is 0 Å². The maximum atomic E-state index is 13.4. The van der Waals surface area contributed by atoms with Crippen LogP contribution in [0, 0.1) is 5.82 Å². The molecule has 25 heavy (non-hydrogen) atoms. The first-order chi connectivity index (χ1) is 12.2. The third-order valence-corrected chi connectivity index (χ3v) is 4.59. The summed E-state index contributed by atoms with van der Waals surface area (Å²) in [6.45, 7) is 0. The van der Waals surface area contributed by atoms with Crippen LogP contribution >= 0.6 is 0 Å². The van der Waals surface area contributed by atoms with Gasteiger partial charge in [0.05, 0.1) is 11.8 Å². The van der Waals surface area contributed by atoms with E-state index < -0.39 is 0 Å². The number of fused-ring (bicyclic) bond motifs is 1. The van der Waals surface area contributed by atoms with Gasteiger partial charge in [0.15, 0.2) is 0 Å². The number of carbonyl (C=O) groups excluding carboxylic acids is 1. The molecular weight excluding hydrogens is 315 g/mol. The zero-order valence-electron chi connectivity index (χ0n) is 13.6. The summed E-state index contributed by atoms with van der Waals surface area (Å²) in [5, 5.41) is 8.25. The summed E-state index contributed by atoms with van der Waals surface area (Å²) in [7, 11) is 0. The Morgan fingerprint density at radius 1 is 1.04 bits per heavy atom. The van der Waals surface area contributed by atoms with Gasteiger partial charge in [0, 0.05) is 6.42 Å². The van der Waals surface area contributed by atoms with Crippen LogP contribution in [0.4, 0.5) is 4.39 Å². The lowest BCUT2D eigenvalue weighted by Gasteiger charge is -2.16. The first-order valence-electron chi connectivity index (χ1n) is 8.28. The van der Waals surface area contributed by atoms with E-state index in [0.717, 1.165) is 28.6 Å². The van der Waals surface area contributed by atoms with Gasteiger partial charge in [0.2, 0.25) is 6.41 Å². The molecule has 3 aromatic rings. The quantitative estimate of drug-likeness (QED) is 0.661. The van der Waals surface area contributed by atoms with Gasteiger partial charge in [-0.15, -0.1) is 0 Å². The maximum Gasteiger partial charge on any atom is 0.230 e. The predicted molar refractivity (Wildman–Crippen MR) is 96.9 cm³/mol. The van der Waals surface area contributed by atoms with Crippen molar-refractivity contribution in [3.63, 3.8) is 0 Å². The molecule has 1 unspecified atom stereocenters. The number of rotatable bonds is 4. The Morgan fingerprint density at radius 2 is 1.88 bits per heavy atom. The van der Waals surface area contributed by atoms with Gasteiger partial charge in [0.1, 0.15) is 5.82 Å². The lowest BCUT2D eigenvalue weighted by atomic mass is 9.97. The Kier molecular flexibility index (Phi) is 4.02. The van der Waals surface area contributed by atoms with Gasteiger partial charge in [-0.2, -0.15) is 5.10 Å². The van der Waals surface area contributed by atoms with Gasteiger partial charge in [-0.3, -0.25) is 4.79 Å². The van der Waals surface area contributed by atoms with E-state index in [2.05, 4.69) is 29.4 Å². The molecular formula is C21H17FN2O. The molecule has 3 aromatic carbocycles. The minimum Gasteiger partial charge on any atom is -0.277 e. The van der Waals surface area contributed by atoms with Crippen molar-refractivity contribution in [1.82, 2.24) is 5.01 Å². The summed E-state index contributed by atoms with van der Waals surface area (Å²) in [6.07, 6.45) is 1.99. The molecule has 0 bridgehead atoms. The van der Waals surface area contributed by atoms with Crippen molar-refractivity contribution in [3.8, 4) is 0 Å². The molecule has 0 saturated carbocycles. The van der Waals surface area contributed by atoms with E-state index in [1.165, 1.54) is 22.5 Å². The van der Waals surface area contributed by atoms with Crippen LogP contribution in [0.5, 0.6) is 0 Å². The van der Waals surface area contributed by atoms with Crippen molar-refractivity contribution in [2.24, 2.45) is 5.10 Å². The molecule has 0 radical (unpaired) electrons. The van der Waals surface area contributed by atoms with E-state index >= 15 is 0 Å². The van der Waals surface area contributed by atoms with Gasteiger partial charge in [0.25, 0.3) is 0 Å². The maximum absolute atomic E-state index is 13.4. The van der Waals surface area contributed by atoms with E-state index in [-0.39, 0.29) is 11.9 Å². The van der Waals surface area contributed by atoms with Gasteiger partial charge in [-0.25, -0.2) is 9.40 Å². The van der Waals surface area contributed by atoms with E-state index in [1.807, 2.05) is 24.3 Å². The van der Waals surface area contributed by atoms with Crippen molar-refractivity contribution in [2.75, 3.05) is 0 Å². The van der Waals surface area contributed by atoms with Gasteiger partial charge >= 0.3 is 0 Å². The number of amides is 1. The molecule has 1 aliphatic heterocycles. The number of hydrogen-bond donors (Lipinski definition) is 0. The lowest BCUT2D eigenvalue weighted by molar-refractivity contribution is -0.119. The zero-order valence-corrected chi connectivity index (χ0v) is 13.6. The van der Waals surface area contributed by atoms with Crippen LogP contribution in [-0.2, 0) is 11.2 Å². The van der Waals surface area contributed by atoms with E-state index in [0.29, 0.717) is 12.8 Å². The smallest absolute Gasteiger partial charge is 0.230 e. The Bertz CT molecular complexity index is 967. The standard InChI is InChI=1S/C21H17FN2O/c22-19-7-3-4-15(10-19)11-20-13-21(23-24(20)14-25)18-9-8-16-5-1-2-6-17(16)12-18/h1-10,12,14,20H,11,13H2. The van der Waals surface area contributed by atoms with Crippen LogP contribution in [-0.4, -0.2) is 23.2 Å². The molecule has 1 aliphatic rings. The Hall–Kier alpha value is -3.01. The van der Waals surface area contributed by atoms with Crippen LogP contribution in [0.3, 0.4) is 0 Å². The second-order valence-electron chi connectivity index (χ2n) is 6.29. The van der Waals surface area contributed by atoms with Crippen molar-refractivity contribution in [2.45, 2.75) is 18.9 Å². The monoisotopic (exact) mass is 332 g/mol. The van der Waals surface area contributed by atoms with Gasteiger partial charge < -0.3 is 0 Å². The average Bonchev–Trinajstić information content (AvgIpc) is 3.04. The van der Waals surface area contributed by atoms with Crippen molar-refractivity contribution in [1.29, 1.82) is 0 Å². The fourth-order valence-corrected chi connectivity index (χ4v) is 3.33. The molecule has 3 nitrogen and oxygen atoms in total. The van der Waals surface area contributed by atoms with Crippen molar-refractivity contribution >= 4 is 22.9 Å². The highest BCUT2D eigenvalue weighted by atomic mass is 19.1. The SMILES string of the molecule is O=CN1N=C(c2ccc3ccccc3c2)CC1Cc1cccc(F)c1. The number of benzene rings is 3. The molecule has 4 heteroatoms. The highest BCUT2D eigenvalue weighted by Crippen LogP contribution is 2.24. The normalized spacial score (nSPS) is 16.9. The highest BCUT2D eigenvalue weighted by Gasteiger charge is 2.27. The largest absolute Gasteiger partial charge is 0.277 e. The molecule has 1 heterocycles. The molecule has 0 N–H and O–H groups in total. The number of hydrazone groups is 1. The van der Waals surface area contributed by atoms with Crippen LogP contribution in [0.2, 0.25) is 0 Å². The number of nitrogens with zero attached hydrogens (tertiary/aromatic N) is 2. The van der Waals surface area contributed by atoms with Crippen molar-refractivity contribution < 1.29 is 9.18 Å². The highest BCUT2D eigenvalue weighted by molar-refractivity contribution is 6.04. The summed E-state index contributed by atoms with van der Waals surface area (Å²) in [4.78, 5) is 11.4. The second kappa shape index (κ2) is 6.48. The summed E-state index contributed by atoms with van der Waals surface area (Å²) in [6, 6.07) is 20.8. The average molecular weight is 332 g/mol. The summed E-state index contributed by atoms with van der Waals surface area (Å²) in [5.74, 6) is -0.260. The molecule has 0 fully saturated rings. The van der Waals surface area contributed by atoms with Crippen molar-refractivity contribution in [3.05, 3.63) is 83.7 Å². The minimum atomic E-state index is -0.260. The minimum absolute atomic E-state index is 0.0826. The van der Waals surface area contributed by atoms with Gasteiger partial charge in [-0.05, 0) is 46.5 Å². The van der Waals surface area contributed by atoms with Crippen LogP contribution in [0.25, 0.3) is 10.8 Å². The number of carbonyl (C=O) groups is 1. The summed E-state index contributed by atoms with van der Waals surface area (Å²) < 4.78 is 13.4. The molecule has 0 spiro atoms. The molecule has 1 atom stereocenters. The fraction of sp³-hybridized carbons (Fsp3) is 0.143. The van der Waals surface area contributed by atoms with Crippen LogP contribution in [0.15, 0.2) is 71.8 Å². The van der Waals surface area contributed by atoms with Gasteiger partial charge in [-0.1, -0.05) is 48.5 Å². The summed E-state index contributed by atoms with van der Waals surface area (Å²) in [5.41, 5.74) is 2.78. The molecule has 4 rings (SSSR count). The third kappa shape index (κ3) is 3.15. The first-order valence-corrected chi connectivity index (χ1v) is 8.28. The second-order valence-corrected chi connectivity index (χ2v) is 6.29. The Balaban J connectivity index is 1.59. The van der Waals surface area contributed by atoms with Crippen LogP contribution in [0.1, 0.15) is 17.5 Å². The topological polar surface area (TPSA) is 32.7 Å². The fourth-order valence-electron chi connectivity index (χ4n) is 3.33. The first kappa shape index (κ1) is 15.5.